The van der Waals surface area contributed by atoms with Gasteiger partial charge in [0.05, 0.1) is 6.10 Å². The molecule has 0 aromatic rings. The third-order valence-corrected chi connectivity index (χ3v) is 3.91. The summed E-state index contributed by atoms with van der Waals surface area (Å²) in [5, 5.41) is 0. The molecule has 1 aliphatic rings. The van der Waals surface area contributed by atoms with Gasteiger partial charge in [-0.05, 0) is 39.2 Å². The Morgan fingerprint density at radius 2 is 2.19 bits per heavy atom. The summed E-state index contributed by atoms with van der Waals surface area (Å²) in [6.45, 7) is 10.6. The topological polar surface area (TPSA) is 38.5 Å². The van der Waals surface area contributed by atoms with E-state index in [1.165, 1.54) is 19.3 Å². The minimum absolute atomic E-state index is 0.141. The van der Waals surface area contributed by atoms with Crippen molar-refractivity contribution in [1.82, 2.24) is 4.90 Å². The minimum atomic E-state index is 0.141. The second-order valence-electron chi connectivity index (χ2n) is 5.14. The van der Waals surface area contributed by atoms with Gasteiger partial charge in [-0.1, -0.05) is 13.8 Å². The van der Waals surface area contributed by atoms with Gasteiger partial charge in [0, 0.05) is 25.2 Å². The van der Waals surface area contributed by atoms with Crippen LogP contribution in [0.4, 0.5) is 0 Å². The lowest BCUT2D eigenvalue weighted by atomic mass is 9.95. The second-order valence-corrected chi connectivity index (χ2v) is 5.14. The molecule has 1 fully saturated rings. The van der Waals surface area contributed by atoms with Crippen LogP contribution in [0.2, 0.25) is 0 Å². The molecule has 3 nitrogen and oxygen atoms in total. The van der Waals surface area contributed by atoms with Crippen molar-refractivity contribution in [1.29, 1.82) is 0 Å². The molecule has 1 saturated heterocycles. The normalized spacial score (nSPS) is 24.9. The number of rotatable bonds is 7. The zero-order valence-corrected chi connectivity index (χ0v) is 11.2. The Morgan fingerprint density at radius 3 is 2.62 bits per heavy atom. The largest absolute Gasteiger partial charge is 0.377 e. The molecule has 2 unspecified atom stereocenters. The van der Waals surface area contributed by atoms with E-state index >= 15 is 0 Å². The van der Waals surface area contributed by atoms with E-state index in [-0.39, 0.29) is 5.54 Å². The number of hydrogen-bond acceptors (Lipinski definition) is 3. The Hall–Kier alpha value is -0.120. The highest BCUT2D eigenvalue weighted by atomic mass is 16.5. The van der Waals surface area contributed by atoms with E-state index in [1.807, 2.05) is 0 Å². The number of ether oxygens (including phenoxy) is 1. The summed E-state index contributed by atoms with van der Waals surface area (Å²) in [6, 6.07) is 0. The molecule has 2 atom stereocenters. The fraction of sp³-hybridized carbons (Fsp3) is 1.00. The molecule has 0 aromatic carbocycles. The lowest BCUT2D eigenvalue weighted by Crippen LogP contribution is -2.53. The Bertz CT molecular complexity index is 186. The van der Waals surface area contributed by atoms with Crippen LogP contribution in [0.25, 0.3) is 0 Å². The molecule has 1 aliphatic heterocycles. The molecule has 0 bridgehead atoms. The Morgan fingerprint density at radius 1 is 1.44 bits per heavy atom. The van der Waals surface area contributed by atoms with Gasteiger partial charge in [-0.3, -0.25) is 4.90 Å². The first kappa shape index (κ1) is 13.9. The Kier molecular flexibility index (Phi) is 5.73. The first-order chi connectivity index (χ1) is 7.66. The van der Waals surface area contributed by atoms with Gasteiger partial charge >= 0.3 is 0 Å². The predicted octanol–water partition coefficient (Wildman–Crippen LogP) is 2.00. The van der Waals surface area contributed by atoms with Crippen molar-refractivity contribution in [3.63, 3.8) is 0 Å². The van der Waals surface area contributed by atoms with E-state index < -0.39 is 0 Å². The molecule has 0 radical (unpaired) electrons. The fourth-order valence-corrected chi connectivity index (χ4v) is 2.38. The summed E-state index contributed by atoms with van der Waals surface area (Å²) in [5.41, 5.74) is 6.08. The molecule has 3 heteroatoms. The van der Waals surface area contributed by atoms with Crippen LogP contribution in [-0.2, 0) is 4.74 Å². The summed E-state index contributed by atoms with van der Waals surface area (Å²) >= 11 is 0. The van der Waals surface area contributed by atoms with Crippen LogP contribution in [-0.4, -0.2) is 42.8 Å². The van der Waals surface area contributed by atoms with Gasteiger partial charge in [0.1, 0.15) is 0 Å². The van der Waals surface area contributed by atoms with Gasteiger partial charge < -0.3 is 10.5 Å². The third kappa shape index (κ3) is 3.44. The van der Waals surface area contributed by atoms with E-state index in [4.69, 9.17) is 10.5 Å². The minimum Gasteiger partial charge on any atom is -0.377 e. The Balaban J connectivity index is 2.57. The van der Waals surface area contributed by atoms with E-state index in [9.17, 15) is 0 Å². The van der Waals surface area contributed by atoms with Gasteiger partial charge in [0.15, 0.2) is 0 Å². The van der Waals surface area contributed by atoms with Crippen LogP contribution in [0.3, 0.4) is 0 Å². The van der Waals surface area contributed by atoms with Crippen molar-refractivity contribution >= 4 is 0 Å². The van der Waals surface area contributed by atoms with Crippen molar-refractivity contribution in [2.75, 3.05) is 26.2 Å². The van der Waals surface area contributed by atoms with Crippen molar-refractivity contribution in [2.45, 2.75) is 58.1 Å². The molecule has 0 amide bonds. The molecule has 0 saturated carbocycles. The van der Waals surface area contributed by atoms with Crippen molar-refractivity contribution in [3.05, 3.63) is 0 Å². The predicted molar refractivity (Wildman–Crippen MR) is 68.6 cm³/mol. The smallest absolute Gasteiger partial charge is 0.0703 e. The van der Waals surface area contributed by atoms with Gasteiger partial charge in [0.2, 0.25) is 0 Å². The van der Waals surface area contributed by atoms with Crippen LogP contribution >= 0.6 is 0 Å². The van der Waals surface area contributed by atoms with E-state index in [1.54, 1.807) is 0 Å². The second kappa shape index (κ2) is 6.58. The van der Waals surface area contributed by atoms with Crippen molar-refractivity contribution in [2.24, 2.45) is 5.73 Å². The van der Waals surface area contributed by atoms with Gasteiger partial charge in [-0.15, -0.1) is 0 Å². The molecule has 96 valence electrons. The average molecular weight is 228 g/mol. The molecule has 2 N–H and O–H groups in total. The van der Waals surface area contributed by atoms with E-state index in [0.717, 1.165) is 32.7 Å². The maximum absolute atomic E-state index is 5.94. The highest BCUT2D eigenvalue weighted by Gasteiger charge is 2.30. The maximum Gasteiger partial charge on any atom is 0.0703 e. The summed E-state index contributed by atoms with van der Waals surface area (Å²) in [5.74, 6) is 0. The SMILES string of the molecule is CCCN(CC1CCCO1)C(C)(CC)CN. The third-order valence-electron chi connectivity index (χ3n) is 3.91. The van der Waals surface area contributed by atoms with Crippen LogP contribution in [0, 0.1) is 0 Å². The first-order valence-corrected chi connectivity index (χ1v) is 6.73. The average Bonchev–Trinajstić information content (AvgIpc) is 2.80. The Labute approximate surface area is 100 Å². The van der Waals surface area contributed by atoms with E-state index in [0.29, 0.717) is 6.10 Å². The zero-order valence-electron chi connectivity index (χ0n) is 11.2. The van der Waals surface area contributed by atoms with Gasteiger partial charge in [0.25, 0.3) is 0 Å². The molecule has 0 aromatic heterocycles. The first-order valence-electron chi connectivity index (χ1n) is 6.73. The molecular weight excluding hydrogens is 200 g/mol. The van der Waals surface area contributed by atoms with Crippen molar-refractivity contribution in [3.8, 4) is 0 Å². The summed E-state index contributed by atoms with van der Waals surface area (Å²) < 4.78 is 5.73. The molecule has 1 rings (SSSR count). The summed E-state index contributed by atoms with van der Waals surface area (Å²) in [7, 11) is 0. The maximum atomic E-state index is 5.94. The zero-order chi connectivity index (χ0) is 12.0. The standard InChI is InChI=1S/C13H28N2O/c1-4-8-15(13(3,5-2)11-14)10-12-7-6-9-16-12/h12H,4-11,14H2,1-3H3. The summed E-state index contributed by atoms with van der Waals surface area (Å²) in [4.78, 5) is 2.53. The van der Waals surface area contributed by atoms with Crippen LogP contribution < -0.4 is 5.73 Å². The lowest BCUT2D eigenvalue weighted by Gasteiger charge is -2.41. The highest BCUT2D eigenvalue weighted by molar-refractivity contribution is 4.88. The molecule has 1 heterocycles. The van der Waals surface area contributed by atoms with Gasteiger partial charge in [-0.25, -0.2) is 0 Å². The van der Waals surface area contributed by atoms with Crippen LogP contribution in [0.1, 0.15) is 46.5 Å². The van der Waals surface area contributed by atoms with E-state index in [2.05, 4.69) is 25.7 Å². The highest BCUT2D eigenvalue weighted by Crippen LogP contribution is 2.22. The quantitative estimate of drug-likeness (QED) is 0.724. The summed E-state index contributed by atoms with van der Waals surface area (Å²) in [6.07, 6.45) is 5.16. The number of nitrogens with two attached hydrogens (primary N) is 1. The van der Waals surface area contributed by atoms with Gasteiger partial charge in [-0.2, -0.15) is 0 Å². The van der Waals surface area contributed by atoms with Crippen molar-refractivity contribution < 1.29 is 4.74 Å². The van der Waals surface area contributed by atoms with Crippen LogP contribution in [0.5, 0.6) is 0 Å². The molecule has 0 aliphatic carbocycles. The van der Waals surface area contributed by atoms with Crippen LogP contribution in [0.15, 0.2) is 0 Å². The number of nitrogens with zero attached hydrogens (tertiary/aromatic N) is 1. The fourth-order valence-electron chi connectivity index (χ4n) is 2.38. The lowest BCUT2D eigenvalue weighted by molar-refractivity contribution is 0.0262. The molecule has 16 heavy (non-hydrogen) atoms. The molecular formula is C13H28N2O. The number of hydrogen-bond donors (Lipinski definition) is 1. The molecule has 0 spiro atoms. The monoisotopic (exact) mass is 228 g/mol.